The number of aryl methyl sites for hydroxylation is 1. The third kappa shape index (κ3) is 2.29. The van der Waals surface area contributed by atoms with Gasteiger partial charge < -0.3 is 0 Å². The van der Waals surface area contributed by atoms with Crippen molar-refractivity contribution in [2.75, 3.05) is 6.54 Å². The molecule has 2 aromatic rings. The summed E-state index contributed by atoms with van der Waals surface area (Å²) >= 11 is 0. The van der Waals surface area contributed by atoms with Gasteiger partial charge in [0.2, 0.25) is 10.0 Å². The van der Waals surface area contributed by atoms with E-state index in [1.165, 1.54) is 4.31 Å². The molecule has 0 amide bonds. The molecule has 3 rings (SSSR count). The summed E-state index contributed by atoms with van der Waals surface area (Å²) < 4.78 is 26.5. The van der Waals surface area contributed by atoms with Gasteiger partial charge in [-0.25, -0.2) is 8.42 Å². The molecule has 1 aliphatic rings. The van der Waals surface area contributed by atoms with E-state index in [1.807, 2.05) is 43.3 Å². The Bertz CT molecular complexity index is 695. The van der Waals surface area contributed by atoms with Crippen molar-refractivity contribution in [3.63, 3.8) is 0 Å². The van der Waals surface area contributed by atoms with Crippen molar-refractivity contribution in [3.8, 4) is 0 Å². The van der Waals surface area contributed by atoms with Crippen molar-refractivity contribution >= 4 is 10.0 Å². The maximum atomic E-state index is 12.5. The summed E-state index contributed by atoms with van der Waals surface area (Å²) in [6, 6.07) is 16.8. The van der Waals surface area contributed by atoms with Gasteiger partial charge in [0.25, 0.3) is 0 Å². The zero-order valence-corrected chi connectivity index (χ0v) is 11.5. The second-order valence-electron chi connectivity index (χ2n) is 4.82. The van der Waals surface area contributed by atoms with Crippen LogP contribution in [0.3, 0.4) is 0 Å². The van der Waals surface area contributed by atoms with Crippen molar-refractivity contribution < 1.29 is 8.42 Å². The first kappa shape index (κ1) is 12.4. The summed E-state index contributed by atoms with van der Waals surface area (Å²) in [6.45, 7) is 2.47. The number of benzene rings is 2. The first-order valence-electron chi connectivity index (χ1n) is 6.22. The lowest BCUT2D eigenvalue weighted by Crippen LogP contribution is -2.12. The molecule has 2 unspecified atom stereocenters. The van der Waals surface area contributed by atoms with Gasteiger partial charge in [0.05, 0.1) is 10.9 Å². The molecule has 19 heavy (non-hydrogen) atoms. The number of sulfonamides is 1. The Morgan fingerprint density at radius 1 is 1.05 bits per heavy atom. The molecule has 0 aromatic heterocycles. The second kappa shape index (κ2) is 4.47. The number of hydrogen-bond acceptors (Lipinski definition) is 2. The van der Waals surface area contributed by atoms with Crippen LogP contribution in [-0.2, 0) is 10.0 Å². The number of nitrogens with zero attached hydrogens (tertiary/aromatic N) is 1. The van der Waals surface area contributed by atoms with E-state index in [0.717, 1.165) is 11.1 Å². The average Bonchev–Trinajstić information content (AvgIpc) is 3.21. The van der Waals surface area contributed by atoms with E-state index < -0.39 is 10.0 Å². The quantitative estimate of drug-likeness (QED) is 0.806. The van der Waals surface area contributed by atoms with Gasteiger partial charge in [0.15, 0.2) is 0 Å². The molecule has 1 saturated heterocycles. The highest BCUT2D eigenvalue weighted by atomic mass is 32.2. The monoisotopic (exact) mass is 273 g/mol. The highest BCUT2D eigenvalue weighted by Gasteiger charge is 2.45. The molecule has 4 heteroatoms. The maximum Gasteiger partial charge on any atom is 0.243 e. The summed E-state index contributed by atoms with van der Waals surface area (Å²) in [4.78, 5) is 0.380. The van der Waals surface area contributed by atoms with E-state index in [2.05, 4.69) is 0 Å². The first-order valence-corrected chi connectivity index (χ1v) is 7.66. The van der Waals surface area contributed by atoms with E-state index in [9.17, 15) is 8.42 Å². The highest BCUT2D eigenvalue weighted by Crippen LogP contribution is 2.40. The molecule has 0 bridgehead atoms. The summed E-state index contributed by atoms with van der Waals surface area (Å²) in [5.41, 5.74) is 2.01. The van der Waals surface area contributed by atoms with E-state index in [-0.39, 0.29) is 6.04 Å². The lowest BCUT2D eigenvalue weighted by molar-refractivity contribution is 0.554. The topological polar surface area (TPSA) is 37.1 Å². The van der Waals surface area contributed by atoms with Gasteiger partial charge in [-0.2, -0.15) is 4.31 Å². The Kier molecular flexibility index (Phi) is 2.92. The van der Waals surface area contributed by atoms with Crippen LogP contribution in [0.25, 0.3) is 0 Å². The lowest BCUT2D eigenvalue weighted by Gasteiger charge is -2.07. The Labute approximate surface area is 113 Å². The fourth-order valence-corrected chi connectivity index (χ4v) is 3.90. The number of hydrogen-bond donors (Lipinski definition) is 0. The van der Waals surface area contributed by atoms with Crippen molar-refractivity contribution in [2.24, 2.45) is 0 Å². The fraction of sp³-hybridized carbons (Fsp3) is 0.200. The third-order valence-corrected chi connectivity index (χ3v) is 5.22. The Morgan fingerprint density at radius 2 is 1.79 bits per heavy atom. The fourth-order valence-electron chi connectivity index (χ4n) is 2.25. The van der Waals surface area contributed by atoms with Crippen molar-refractivity contribution in [1.82, 2.24) is 4.31 Å². The molecule has 1 heterocycles. The molecule has 0 spiro atoms. The minimum atomic E-state index is -3.35. The van der Waals surface area contributed by atoms with E-state index in [0.29, 0.717) is 11.4 Å². The zero-order chi connectivity index (χ0) is 13.5. The lowest BCUT2D eigenvalue weighted by atomic mass is 10.2. The van der Waals surface area contributed by atoms with Crippen LogP contribution in [0.5, 0.6) is 0 Å². The van der Waals surface area contributed by atoms with Crippen LogP contribution in [0, 0.1) is 6.92 Å². The normalized spacial score (nSPS) is 22.2. The molecular weight excluding hydrogens is 258 g/mol. The van der Waals surface area contributed by atoms with Crippen LogP contribution >= 0.6 is 0 Å². The average molecular weight is 273 g/mol. The molecule has 0 radical (unpaired) electrons. The first-order chi connectivity index (χ1) is 9.09. The minimum Gasteiger partial charge on any atom is -0.207 e. The predicted octanol–water partition coefficient (Wildman–Crippen LogP) is 2.74. The molecule has 1 aliphatic heterocycles. The molecule has 0 N–H and O–H groups in total. The van der Waals surface area contributed by atoms with Crippen LogP contribution in [0.1, 0.15) is 17.2 Å². The minimum absolute atomic E-state index is 0.00767. The second-order valence-corrected chi connectivity index (χ2v) is 6.71. The van der Waals surface area contributed by atoms with Gasteiger partial charge in [-0.05, 0) is 30.2 Å². The molecule has 2 atom stereocenters. The van der Waals surface area contributed by atoms with Crippen LogP contribution in [-0.4, -0.2) is 19.3 Å². The van der Waals surface area contributed by atoms with E-state index >= 15 is 0 Å². The van der Waals surface area contributed by atoms with E-state index in [4.69, 9.17) is 0 Å². The summed E-state index contributed by atoms with van der Waals surface area (Å²) in [6.07, 6.45) is 0. The molecular formula is C15H15NO2S. The predicted molar refractivity (Wildman–Crippen MR) is 74.3 cm³/mol. The third-order valence-electron chi connectivity index (χ3n) is 3.35. The number of rotatable bonds is 3. The van der Waals surface area contributed by atoms with Crippen LogP contribution < -0.4 is 0 Å². The van der Waals surface area contributed by atoms with Gasteiger partial charge in [-0.15, -0.1) is 0 Å². The summed E-state index contributed by atoms with van der Waals surface area (Å²) in [5.74, 6) is 0. The maximum absolute atomic E-state index is 12.5. The molecule has 1 fully saturated rings. The highest BCUT2D eigenvalue weighted by molar-refractivity contribution is 7.89. The molecule has 3 nitrogen and oxygen atoms in total. The zero-order valence-electron chi connectivity index (χ0n) is 10.7. The van der Waals surface area contributed by atoms with Crippen LogP contribution in [0.15, 0.2) is 59.5 Å². The van der Waals surface area contributed by atoms with Gasteiger partial charge in [0, 0.05) is 6.54 Å². The van der Waals surface area contributed by atoms with Gasteiger partial charge >= 0.3 is 0 Å². The Morgan fingerprint density at radius 3 is 2.47 bits per heavy atom. The molecule has 98 valence electrons. The molecule has 0 saturated carbocycles. The van der Waals surface area contributed by atoms with Crippen molar-refractivity contribution in [2.45, 2.75) is 17.9 Å². The Hall–Kier alpha value is -1.65. The van der Waals surface area contributed by atoms with Crippen molar-refractivity contribution in [1.29, 1.82) is 0 Å². The van der Waals surface area contributed by atoms with Gasteiger partial charge in [-0.3, -0.25) is 0 Å². The molecule has 0 aliphatic carbocycles. The smallest absolute Gasteiger partial charge is 0.207 e. The van der Waals surface area contributed by atoms with Crippen LogP contribution in [0.4, 0.5) is 0 Å². The summed E-state index contributed by atoms with van der Waals surface area (Å²) in [5, 5.41) is 0. The molecule has 2 aromatic carbocycles. The van der Waals surface area contributed by atoms with Gasteiger partial charge in [-0.1, -0.05) is 42.5 Å². The van der Waals surface area contributed by atoms with Crippen LogP contribution in [0.2, 0.25) is 0 Å². The standard InChI is InChI=1S/C15H15NO2S/c1-12-6-5-9-14(10-12)19(17,18)16-11-15(16)13-7-3-2-4-8-13/h2-10,15H,11H2,1H3. The van der Waals surface area contributed by atoms with E-state index in [1.54, 1.807) is 18.2 Å². The Balaban J connectivity index is 1.88. The van der Waals surface area contributed by atoms with Crippen molar-refractivity contribution in [3.05, 3.63) is 65.7 Å². The van der Waals surface area contributed by atoms with Gasteiger partial charge in [0.1, 0.15) is 0 Å². The SMILES string of the molecule is Cc1cccc(S(=O)(=O)N2CC2c2ccccc2)c1. The summed E-state index contributed by atoms with van der Waals surface area (Å²) in [7, 11) is -3.35. The largest absolute Gasteiger partial charge is 0.243 e.